The highest BCUT2D eigenvalue weighted by Crippen LogP contribution is 2.08. The number of nitrogens with zero attached hydrogens (tertiary/aromatic N) is 2. The van der Waals surface area contributed by atoms with Crippen molar-refractivity contribution in [2.24, 2.45) is 0 Å². The fourth-order valence-corrected chi connectivity index (χ4v) is 2.34. The molecule has 0 bridgehead atoms. The van der Waals surface area contributed by atoms with Crippen molar-refractivity contribution < 1.29 is 4.79 Å². The number of aromatic nitrogens is 1. The molecule has 0 atom stereocenters. The molecule has 0 fully saturated rings. The number of nitrogens with one attached hydrogen (secondary N) is 2. The number of aryl methyl sites for hydroxylation is 1. The van der Waals surface area contributed by atoms with Crippen LogP contribution in [0.3, 0.4) is 0 Å². The summed E-state index contributed by atoms with van der Waals surface area (Å²) in [6.07, 6.45) is 2.77. The Morgan fingerprint density at radius 3 is 2.62 bits per heavy atom. The summed E-state index contributed by atoms with van der Waals surface area (Å²) in [5, 5.41) is 6.22. The monoisotopic (exact) mass is 326 g/mol. The zero-order chi connectivity index (χ0) is 17.4. The predicted molar refractivity (Wildman–Crippen MR) is 98.2 cm³/mol. The third-order valence-corrected chi connectivity index (χ3v) is 3.81. The van der Waals surface area contributed by atoms with Gasteiger partial charge in [-0.05, 0) is 57.2 Å². The van der Waals surface area contributed by atoms with Crippen LogP contribution in [-0.2, 0) is 6.54 Å². The Kier molecular flexibility index (Phi) is 6.75. The van der Waals surface area contributed by atoms with Gasteiger partial charge in [0, 0.05) is 13.1 Å². The average molecular weight is 326 g/mol. The van der Waals surface area contributed by atoms with Crippen molar-refractivity contribution in [3.8, 4) is 0 Å². The van der Waals surface area contributed by atoms with Crippen LogP contribution in [0.15, 0.2) is 42.6 Å². The molecule has 0 saturated heterocycles. The lowest BCUT2D eigenvalue weighted by molar-refractivity contribution is 0.0946. The van der Waals surface area contributed by atoms with Crippen LogP contribution in [0.25, 0.3) is 0 Å². The number of pyridine rings is 1. The lowest BCUT2D eigenvalue weighted by Gasteiger charge is -2.11. The first-order chi connectivity index (χ1) is 11.6. The number of amides is 1. The molecule has 0 aliphatic carbocycles. The first kappa shape index (κ1) is 17.9. The number of carbonyl (C=O) groups excluding carboxylic acids is 1. The van der Waals surface area contributed by atoms with Gasteiger partial charge in [0.1, 0.15) is 5.69 Å². The van der Waals surface area contributed by atoms with Gasteiger partial charge in [-0.25, -0.2) is 4.98 Å². The topological polar surface area (TPSA) is 57.3 Å². The summed E-state index contributed by atoms with van der Waals surface area (Å²) in [7, 11) is 4.12. The van der Waals surface area contributed by atoms with E-state index in [1.54, 1.807) is 12.3 Å². The van der Waals surface area contributed by atoms with Crippen LogP contribution in [0.5, 0.6) is 0 Å². The highest BCUT2D eigenvalue weighted by Gasteiger charge is 2.07. The smallest absolute Gasteiger partial charge is 0.270 e. The summed E-state index contributed by atoms with van der Waals surface area (Å²) in [5.41, 5.74) is 3.65. The fraction of sp³-hybridized carbons (Fsp3) is 0.368. The molecule has 2 N–H and O–H groups in total. The Hall–Kier alpha value is -2.40. The molecule has 2 rings (SSSR count). The van der Waals surface area contributed by atoms with Crippen LogP contribution >= 0.6 is 0 Å². The van der Waals surface area contributed by atoms with Crippen LogP contribution in [0.2, 0.25) is 0 Å². The summed E-state index contributed by atoms with van der Waals surface area (Å²) in [4.78, 5) is 18.6. The van der Waals surface area contributed by atoms with E-state index in [-0.39, 0.29) is 5.91 Å². The molecule has 1 aromatic heterocycles. The molecule has 2 aromatic rings. The third-order valence-electron chi connectivity index (χ3n) is 3.81. The van der Waals surface area contributed by atoms with Gasteiger partial charge in [-0.15, -0.1) is 0 Å². The van der Waals surface area contributed by atoms with Crippen molar-refractivity contribution in [2.45, 2.75) is 19.9 Å². The van der Waals surface area contributed by atoms with Crippen molar-refractivity contribution in [3.63, 3.8) is 0 Å². The third kappa shape index (κ3) is 5.66. The van der Waals surface area contributed by atoms with Gasteiger partial charge < -0.3 is 15.5 Å². The lowest BCUT2D eigenvalue weighted by Crippen LogP contribution is -2.24. The van der Waals surface area contributed by atoms with Gasteiger partial charge in [-0.3, -0.25) is 4.79 Å². The van der Waals surface area contributed by atoms with Crippen molar-refractivity contribution in [3.05, 3.63) is 59.4 Å². The first-order valence-corrected chi connectivity index (χ1v) is 8.23. The summed E-state index contributed by atoms with van der Waals surface area (Å²) in [5.74, 6) is -0.155. The van der Waals surface area contributed by atoms with Crippen LogP contribution < -0.4 is 10.6 Å². The van der Waals surface area contributed by atoms with E-state index in [0.29, 0.717) is 12.2 Å². The van der Waals surface area contributed by atoms with Gasteiger partial charge in [-0.2, -0.15) is 0 Å². The number of anilines is 1. The zero-order valence-corrected chi connectivity index (χ0v) is 14.7. The maximum absolute atomic E-state index is 12.2. The average Bonchev–Trinajstić information content (AvgIpc) is 2.58. The molecule has 0 radical (unpaired) electrons. The van der Waals surface area contributed by atoms with Crippen molar-refractivity contribution in [1.82, 2.24) is 15.2 Å². The maximum Gasteiger partial charge on any atom is 0.270 e. The highest BCUT2D eigenvalue weighted by molar-refractivity contribution is 5.92. The van der Waals surface area contributed by atoms with Gasteiger partial charge >= 0.3 is 0 Å². The van der Waals surface area contributed by atoms with Crippen LogP contribution in [-0.4, -0.2) is 43.0 Å². The van der Waals surface area contributed by atoms with Gasteiger partial charge in [0.05, 0.1) is 11.9 Å². The molecule has 0 aliphatic heterocycles. The molecule has 5 nitrogen and oxygen atoms in total. The Morgan fingerprint density at radius 2 is 1.96 bits per heavy atom. The van der Waals surface area contributed by atoms with Crippen molar-refractivity contribution in [1.29, 1.82) is 0 Å². The van der Waals surface area contributed by atoms with Crippen LogP contribution in [0.4, 0.5) is 5.69 Å². The molecule has 1 aromatic carbocycles. The fourth-order valence-electron chi connectivity index (χ4n) is 2.34. The summed E-state index contributed by atoms with van der Waals surface area (Å²) in [6.45, 7) is 4.48. The molecule has 0 saturated carbocycles. The Bertz CT molecular complexity index is 653. The number of benzene rings is 1. The summed E-state index contributed by atoms with van der Waals surface area (Å²) in [6, 6.07) is 11.7. The first-order valence-electron chi connectivity index (χ1n) is 8.23. The van der Waals surface area contributed by atoms with E-state index in [1.165, 1.54) is 5.56 Å². The normalized spacial score (nSPS) is 10.7. The van der Waals surface area contributed by atoms with E-state index >= 15 is 0 Å². The van der Waals surface area contributed by atoms with Gasteiger partial charge in [0.2, 0.25) is 0 Å². The van der Waals surface area contributed by atoms with E-state index < -0.39 is 0 Å². The molecule has 0 unspecified atom stereocenters. The van der Waals surface area contributed by atoms with E-state index in [0.717, 1.165) is 30.8 Å². The van der Waals surface area contributed by atoms with Crippen LogP contribution in [0.1, 0.15) is 28.0 Å². The van der Waals surface area contributed by atoms with Gasteiger partial charge in [0.15, 0.2) is 0 Å². The number of rotatable bonds is 8. The minimum absolute atomic E-state index is 0.155. The van der Waals surface area contributed by atoms with E-state index in [2.05, 4.69) is 34.6 Å². The highest BCUT2D eigenvalue weighted by atomic mass is 16.1. The second kappa shape index (κ2) is 9.03. The molecular formula is C19H26N4O. The summed E-state index contributed by atoms with van der Waals surface area (Å²) >= 11 is 0. The minimum atomic E-state index is -0.155. The van der Waals surface area contributed by atoms with Gasteiger partial charge in [0.25, 0.3) is 5.91 Å². The molecule has 5 heteroatoms. The van der Waals surface area contributed by atoms with Crippen molar-refractivity contribution >= 4 is 11.6 Å². The molecule has 24 heavy (non-hydrogen) atoms. The standard InChI is InChI=1S/C19H26N4O/c1-15-7-4-5-8-16(15)13-22-19(24)18-10-9-17(14-21-18)20-11-6-12-23(2)3/h4-5,7-10,14,20H,6,11-13H2,1-3H3,(H,22,24). The molecule has 0 aliphatic rings. The zero-order valence-electron chi connectivity index (χ0n) is 14.7. The molecular weight excluding hydrogens is 300 g/mol. The van der Waals surface area contributed by atoms with Gasteiger partial charge in [-0.1, -0.05) is 24.3 Å². The number of carbonyl (C=O) groups is 1. The maximum atomic E-state index is 12.2. The lowest BCUT2D eigenvalue weighted by atomic mass is 10.1. The second-order valence-corrected chi connectivity index (χ2v) is 6.12. The number of hydrogen-bond donors (Lipinski definition) is 2. The summed E-state index contributed by atoms with van der Waals surface area (Å²) < 4.78 is 0. The number of hydrogen-bond acceptors (Lipinski definition) is 4. The Morgan fingerprint density at radius 1 is 1.17 bits per heavy atom. The molecule has 1 heterocycles. The quantitative estimate of drug-likeness (QED) is 0.732. The van der Waals surface area contributed by atoms with E-state index in [4.69, 9.17) is 0 Å². The largest absolute Gasteiger partial charge is 0.384 e. The Labute approximate surface area is 144 Å². The second-order valence-electron chi connectivity index (χ2n) is 6.12. The molecule has 0 spiro atoms. The molecule has 128 valence electrons. The Balaban J connectivity index is 1.81. The predicted octanol–water partition coefficient (Wildman–Crippen LogP) is 2.68. The van der Waals surface area contributed by atoms with Crippen LogP contribution in [0, 0.1) is 6.92 Å². The van der Waals surface area contributed by atoms with E-state index in [1.807, 2.05) is 37.3 Å². The molecule has 1 amide bonds. The SMILES string of the molecule is Cc1ccccc1CNC(=O)c1ccc(NCCCN(C)C)cn1. The van der Waals surface area contributed by atoms with E-state index in [9.17, 15) is 4.79 Å². The minimum Gasteiger partial charge on any atom is -0.384 e. The van der Waals surface area contributed by atoms with Crippen molar-refractivity contribution in [2.75, 3.05) is 32.5 Å².